The summed E-state index contributed by atoms with van der Waals surface area (Å²) >= 11 is 3.35. The average molecular weight is 350 g/mol. The van der Waals surface area contributed by atoms with Gasteiger partial charge in [-0.05, 0) is 58.2 Å². The lowest BCUT2D eigenvalue weighted by atomic mass is 10.2. The molecule has 0 aliphatic rings. The molecule has 0 unspecified atom stereocenters. The van der Waals surface area contributed by atoms with Gasteiger partial charge in [-0.25, -0.2) is 0 Å². The number of rotatable bonds is 5. The molecular formula is C16H16BrNO3. The van der Waals surface area contributed by atoms with Crippen LogP contribution in [-0.2, 0) is 11.4 Å². The molecule has 0 spiro atoms. The number of aliphatic hydroxyl groups is 1. The van der Waals surface area contributed by atoms with Crippen LogP contribution < -0.4 is 10.1 Å². The number of aliphatic hydroxyl groups excluding tert-OH is 1. The van der Waals surface area contributed by atoms with Gasteiger partial charge in [-0.15, -0.1) is 0 Å². The van der Waals surface area contributed by atoms with Crippen molar-refractivity contribution in [2.75, 3.05) is 11.9 Å². The van der Waals surface area contributed by atoms with Crippen molar-refractivity contribution in [2.45, 2.75) is 13.5 Å². The Kier molecular flexibility index (Phi) is 5.36. The summed E-state index contributed by atoms with van der Waals surface area (Å²) < 4.78 is 6.17. The molecule has 0 aromatic heterocycles. The Morgan fingerprint density at radius 1 is 1.29 bits per heavy atom. The third-order valence-corrected chi connectivity index (χ3v) is 3.46. The minimum atomic E-state index is -0.223. The van der Waals surface area contributed by atoms with Gasteiger partial charge in [0.2, 0.25) is 0 Å². The summed E-state index contributed by atoms with van der Waals surface area (Å²) in [5, 5.41) is 11.8. The van der Waals surface area contributed by atoms with Crippen molar-refractivity contribution in [3.05, 3.63) is 58.1 Å². The molecule has 0 saturated carbocycles. The molecule has 2 rings (SSSR count). The number of hydrogen-bond donors (Lipinski definition) is 2. The Hall–Kier alpha value is -1.85. The standard InChI is InChI=1S/C16H16BrNO3/c1-11-3-2-4-13(7-11)18-16(20)10-21-15-6-5-12(9-19)8-14(15)17/h2-8,19H,9-10H2,1H3,(H,18,20). The van der Waals surface area contributed by atoms with E-state index in [9.17, 15) is 4.79 Å². The Labute approximate surface area is 131 Å². The number of hydrogen-bond acceptors (Lipinski definition) is 3. The summed E-state index contributed by atoms with van der Waals surface area (Å²) in [7, 11) is 0. The van der Waals surface area contributed by atoms with E-state index >= 15 is 0 Å². The number of amides is 1. The lowest BCUT2D eigenvalue weighted by molar-refractivity contribution is -0.118. The Balaban J connectivity index is 1.92. The van der Waals surface area contributed by atoms with E-state index in [4.69, 9.17) is 9.84 Å². The predicted molar refractivity (Wildman–Crippen MR) is 85.4 cm³/mol. The molecule has 1 amide bonds. The fourth-order valence-corrected chi connectivity index (χ4v) is 2.36. The summed E-state index contributed by atoms with van der Waals surface area (Å²) in [4.78, 5) is 11.8. The lowest BCUT2D eigenvalue weighted by Gasteiger charge is -2.10. The highest BCUT2D eigenvalue weighted by Gasteiger charge is 2.07. The molecule has 2 N–H and O–H groups in total. The van der Waals surface area contributed by atoms with Crippen LogP contribution in [0.2, 0.25) is 0 Å². The predicted octanol–water partition coefficient (Wildman–Crippen LogP) is 3.27. The van der Waals surface area contributed by atoms with E-state index in [0.717, 1.165) is 16.8 Å². The van der Waals surface area contributed by atoms with Crippen LogP contribution in [0.15, 0.2) is 46.9 Å². The van der Waals surface area contributed by atoms with Gasteiger partial charge in [-0.3, -0.25) is 4.79 Å². The normalized spacial score (nSPS) is 10.2. The van der Waals surface area contributed by atoms with Crippen LogP contribution in [0.25, 0.3) is 0 Å². The highest BCUT2D eigenvalue weighted by Crippen LogP contribution is 2.26. The van der Waals surface area contributed by atoms with Crippen LogP contribution in [0.5, 0.6) is 5.75 Å². The van der Waals surface area contributed by atoms with Crippen LogP contribution in [0.1, 0.15) is 11.1 Å². The average Bonchev–Trinajstić information content (AvgIpc) is 2.46. The second-order valence-corrected chi connectivity index (χ2v) is 5.48. The van der Waals surface area contributed by atoms with Gasteiger partial charge in [-0.1, -0.05) is 18.2 Å². The third-order valence-electron chi connectivity index (χ3n) is 2.84. The molecule has 0 atom stereocenters. The van der Waals surface area contributed by atoms with E-state index in [0.29, 0.717) is 10.2 Å². The van der Waals surface area contributed by atoms with Gasteiger partial charge >= 0.3 is 0 Å². The zero-order chi connectivity index (χ0) is 15.2. The minimum absolute atomic E-state index is 0.0350. The van der Waals surface area contributed by atoms with Crippen molar-refractivity contribution >= 4 is 27.5 Å². The van der Waals surface area contributed by atoms with Crippen LogP contribution in [0.4, 0.5) is 5.69 Å². The molecule has 0 radical (unpaired) electrons. The van der Waals surface area contributed by atoms with Crippen LogP contribution in [0, 0.1) is 6.92 Å². The minimum Gasteiger partial charge on any atom is -0.483 e. The molecule has 2 aromatic rings. The van der Waals surface area contributed by atoms with Crippen LogP contribution in [0.3, 0.4) is 0 Å². The maximum absolute atomic E-state index is 11.8. The van der Waals surface area contributed by atoms with Crippen LogP contribution in [-0.4, -0.2) is 17.6 Å². The highest BCUT2D eigenvalue weighted by atomic mass is 79.9. The molecule has 2 aromatic carbocycles. The van der Waals surface area contributed by atoms with Crippen molar-refractivity contribution in [3.63, 3.8) is 0 Å². The molecule has 21 heavy (non-hydrogen) atoms. The zero-order valence-corrected chi connectivity index (χ0v) is 13.2. The SMILES string of the molecule is Cc1cccc(NC(=O)COc2ccc(CO)cc2Br)c1. The highest BCUT2D eigenvalue weighted by molar-refractivity contribution is 9.10. The zero-order valence-electron chi connectivity index (χ0n) is 11.6. The van der Waals surface area contributed by atoms with Crippen molar-refractivity contribution < 1.29 is 14.6 Å². The maximum atomic E-state index is 11.8. The van der Waals surface area contributed by atoms with Gasteiger partial charge in [-0.2, -0.15) is 0 Å². The van der Waals surface area contributed by atoms with Gasteiger partial charge < -0.3 is 15.2 Å². The van der Waals surface area contributed by atoms with Crippen molar-refractivity contribution in [1.82, 2.24) is 0 Å². The Bertz CT molecular complexity index is 643. The fourth-order valence-electron chi connectivity index (χ4n) is 1.82. The first-order chi connectivity index (χ1) is 10.1. The molecule has 0 fully saturated rings. The molecule has 110 valence electrons. The summed E-state index contributed by atoms with van der Waals surface area (Å²) in [5.74, 6) is 0.338. The Morgan fingerprint density at radius 3 is 2.76 bits per heavy atom. The van der Waals surface area contributed by atoms with Gasteiger partial charge in [0.1, 0.15) is 5.75 Å². The van der Waals surface area contributed by atoms with E-state index in [-0.39, 0.29) is 19.1 Å². The number of halogens is 1. The number of nitrogens with one attached hydrogen (secondary N) is 1. The van der Waals surface area contributed by atoms with E-state index in [1.165, 1.54) is 0 Å². The van der Waals surface area contributed by atoms with Crippen molar-refractivity contribution in [2.24, 2.45) is 0 Å². The number of aryl methyl sites for hydroxylation is 1. The van der Waals surface area contributed by atoms with Gasteiger partial charge in [0.05, 0.1) is 11.1 Å². The Morgan fingerprint density at radius 2 is 2.10 bits per heavy atom. The van der Waals surface area contributed by atoms with E-state index in [2.05, 4.69) is 21.2 Å². The number of carbonyl (C=O) groups is 1. The molecule has 0 saturated heterocycles. The monoisotopic (exact) mass is 349 g/mol. The van der Waals surface area contributed by atoms with Crippen molar-refractivity contribution in [3.8, 4) is 5.75 Å². The molecule has 5 heteroatoms. The van der Waals surface area contributed by atoms with Gasteiger partial charge in [0.15, 0.2) is 6.61 Å². The first kappa shape index (κ1) is 15.5. The van der Waals surface area contributed by atoms with Gasteiger partial charge in [0.25, 0.3) is 5.91 Å². The molecular weight excluding hydrogens is 334 g/mol. The molecule has 0 aliphatic heterocycles. The molecule has 0 bridgehead atoms. The fraction of sp³-hybridized carbons (Fsp3) is 0.188. The van der Waals surface area contributed by atoms with E-state index < -0.39 is 0 Å². The topological polar surface area (TPSA) is 58.6 Å². The number of anilines is 1. The summed E-state index contributed by atoms with van der Waals surface area (Å²) in [6, 6.07) is 12.8. The number of carbonyl (C=O) groups excluding carboxylic acids is 1. The largest absolute Gasteiger partial charge is 0.483 e. The number of ether oxygens (including phenoxy) is 1. The summed E-state index contributed by atoms with van der Waals surface area (Å²) in [6.45, 7) is 1.85. The van der Waals surface area contributed by atoms with E-state index in [1.807, 2.05) is 31.2 Å². The maximum Gasteiger partial charge on any atom is 0.262 e. The van der Waals surface area contributed by atoms with Crippen molar-refractivity contribution in [1.29, 1.82) is 0 Å². The molecule has 0 aliphatic carbocycles. The molecule has 0 heterocycles. The first-order valence-electron chi connectivity index (χ1n) is 6.47. The summed E-state index contributed by atoms with van der Waals surface area (Å²) in [5.41, 5.74) is 2.60. The smallest absolute Gasteiger partial charge is 0.262 e. The second kappa shape index (κ2) is 7.24. The lowest BCUT2D eigenvalue weighted by Crippen LogP contribution is -2.20. The molecule has 4 nitrogen and oxygen atoms in total. The first-order valence-corrected chi connectivity index (χ1v) is 7.26. The summed E-state index contributed by atoms with van der Waals surface area (Å²) in [6.07, 6.45) is 0. The van der Waals surface area contributed by atoms with E-state index in [1.54, 1.807) is 18.2 Å². The quantitative estimate of drug-likeness (QED) is 0.870. The van der Waals surface area contributed by atoms with Crippen LogP contribution >= 0.6 is 15.9 Å². The third kappa shape index (κ3) is 4.58. The second-order valence-electron chi connectivity index (χ2n) is 4.63. The number of benzene rings is 2. The van der Waals surface area contributed by atoms with Gasteiger partial charge in [0, 0.05) is 5.69 Å².